The molecule has 2 aliphatic rings. The first-order valence-corrected chi connectivity index (χ1v) is 24.8. The average Bonchev–Trinajstić information content (AvgIpc) is 3.58. The normalized spacial score (nSPS) is 16.2. The molecule has 0 bridgehead atoms. The molecule has 0 saturated heterocycles. The van der Waals surface area contributed by atoms with Gasteiger partial charge in [0.1, 0.15) is 50.9 Å². The minimum atomic E-state index is -0.570. The molecular weight excluding hydrogens is 901 g/mol. The van der Waals surface area contributed by atoms with Crippen LogP contribution in [0, 0.1) is 0 Å². The fourth-order valence-corrected chi connectivity index (χ4v) is 10.2. The summed E-state index contributed by atoms with van der Waals surface area (Å²) in [5.74, 6) is 1.70. The molecule has 7 aromatic rings. The monoisotopic (exact) mass is 971 g/mol. The maximum atomic E-state index is 13.9. The molecule has 376 valence electrons. The topological polar surface area (TPSA) is 121 Å². The van der Waals surface area contributed by atoms with Crippen LogP contribution in [0.25, 0.3) is 55.3 Å². The molecule has 3 aromatic heterocycles. The van der Waals surface area contributed by atoms with E-state index in [9.17, 15) is 9.59 Å². The van der Waals surface area contributed by atoms with Gasteiger partial charge in [0.2, 0.25) is 0 Å². The number of hydrogen-bond donors (Lipinski definition) is 0. The Kier molecular flexibility index (Phi) is 13.4. The first-order chi connectivity index (χ1) is 33.9. The summed E-state index contributed by atoms with van der Waals surface area (Å²) in [6.45, 7) is 37.0. The number of aromatic nitrogens is 1. The van der Waals surface area contributed by atoms with Crippen molar-refractivity contribution < 1.29 is 23.0 Å². The molecule has 0 N–H and O–H groups in total. The smallest absolute Gasteiger partial charge is 0.347 e. The molecule has 72 heavy (non-hydrogen) atoms. The van der Waals surface area contributed by atoms with Crippen molar-refractivity contribution in [2.24, 2.45) is 17.0 Å². The molecule has 0 amide bonds. The van der Waals surface area contributed by atoms with E-state index in [2.05, 4.69) is 86.2 Å². The summed E-state index contributed by atoms with van der Waals surface area (Å²) in [5, 5.41) is 3.53. The number of rotatable bonds is 10. The van der Waals surface area contributed by atoms with E-state index in [1.165, 1.54) is 11.3 Å². The molecule has 0 radical (unpaired) electrons. The lowest BCUT2D eigenvalue weighted by Crippen LogP contribution is -2.44. The van der Waals surface area contributed by atoms with E-state index in [0.717, 1.165) is 69.8 Å². The number of ether oxygens (including phenoxy) is 3. The maximum Gasteiger partial charge on any atom is 0.347 e. The van der Waals surface area contributed by atoms with Crippen LogP contribution in [0.4, 0.5) is 5.69 Å². The van der Waals surface area contributed by atoms with Gasteiger partial charge >= 0.3 is 11.3 Å². The molecule has 4 aromatic carbocycles. The predicted octanol–water partition coefficient (Wildman–Crippen LogP) is 14.2. The van der Waals surface area contributed by atoms with E-state index < -0.39 is 22.9 Å². The first kappa shape index (κ1) is 51.2. The van der Waals surface area contributed by atoms with Crippen molar-refractivity contribution in [3.05, 3.63) is 147 Å². The Bertz CT molecular complexity index is 3530. The van der Waals surface area contributed by atoms with Crippen LogP contribution in [0.15, 0.2) is 121 Å². The minimum Gasteiger partial charge on any atom is -0.488 e. The predicted molar refractivity (Wildman–Crippen MR) is 298 cm³/mol. The van der Waals surface area contributed by atoms with Gasteiger partial charge in [-0.25, -0.2) is 9.59 Å². The standard InChI is InChI=1S/C59H66N4O7.C2H4/c1-16-48(43-31-42-49(67-55(43)65)29-38(69-56(4,5)6)30-50(42)70-57(7,8)9)66-34(3)35-17-19-46-40(25-35)41-26-36(18-20-47(41)62(46)15)45(60-14)32-61-33(2)39-27-37-28-44-52-51(53(37)68-54(39)64)59(12,13)22-24-63(52)23-21-58(44,10)11;1-2/h16-20,25-33H,3,21-24H2,1-2,4-15H3;1-2H2/b48-16-,60-45?,61-32?;. The molecule has 0 aliphatic carbocycles. The molecule has 11 nitrogen and oxygen atoms in total. The fourth-order valence-electron chi connectivity index (χ4n) is 10.2. The Morgan fingerprint density at radius 2 is 1.42 bits per heavy atom. The molecule has 0 fully saturated rings. The third-order valence-corrected chi connectivity index (χ3v) is 13.9. The summed E-state index contributed by atoms with van der Waals surface area (Å²) in [5.41, 5.74) is 7.71. The van der Waals surface area contributed by atoms with E-state index >= 15 is 0 Å². The molecule has 1 unspecified atom stereocenters. The SMILES string of the molecule is C=C.C=C(O/C(=C\C)c1cc2c(OC(C)(C)C)cc(OC(C)(C)C)cc2oc1=O)c1ccc2c(c1)c1cc(C(C=NC(C)c3cc4cc5c6c(c4oc3=O)C(C)(C)CCN6CCC5(C)C)=NC)ccc1n2C. The van der Waals surface area contributed by atoms with Gasteiger partial charge in [-0.2, -0.15) is 0 Å². The van der Waals surface area contributed by atoms with Crippen molar-refractivity contribution in [1.82, 2.24) is 4.57 Å². The summed E-state index contributed by atoms with van der Waals surface area (Å²) >= 11 is 0. The van der Waals surface area contributed by atoms with Crippen molar-refractivity contribution in [2.45, 2.75) is 124 Å². The number of nitrogens with zero attached hydrogens (tertiary/aromatic N) is 4. The summed E-state index contributed by atoms with van der Waals surface area (Å²) in [6, 6.07) is 21.3. The number of anilines is 1. The zero-order valence-electron chi connectivity index (χ0n) is 44.7. The third kappa shape index (κ3) is 9.65. The van der Waals surface area contributed by atoms with Crippen LogP contribution in [-0.4, -0.2) is 47.8 Å². The van der Waals surface area contributed by atoms with Gasteiger partial charge in [0.05, 0.1) is 22.7 Å². The zero-order chi connectivity index (χ0) is 52.4. The molecule has 0 spiro atoms. The zero-order valence-corrected chi connectivity index (χ0v) is 44.7. The molecule has 1 atom stereocenters. The summed E-state index contributed by atoms with van der Waals surface area (Å²) in [6.07, 6.45) is 5.55. The molecule has 9 rings (SSSR count). The molecule has 5 heterocycles. The van der Waals surface area contributed by atoms with E-state index in [4.69, 9.17) is 28.0 Å². The lowest BCUT2D eigenvalue weighted by molar-refractivity contribution is 0.122. The highest BCUT2D eigenvalue weighted by Gasteiger charge is 2.42. The Morgan fingerprint density at radius 3 is 2.04 bits per heavy atom. The number of fused-ring (bicyclic) bond motifs is 6. The number of aryl methyl sites for hydroxylation is 1. The average molecular weight is 971 g/mol. The van der Waals surface area contributed by atoms with E-state index in [0.29, 0.717) is 50.8 Å². The Morgan fingerprint density at radius 1 is 0.792 bits per heavy atom. The number of hydrogen-bond acceptors (Lipinski definition) is 10. The van der Waals surface area contributed by atoms with Crippen molar-refractivity contribution in [1.29, 1.82) is 0 Å². The van der Waals surface area contributed by atoms with Crippen LogP contribution in [-0.2, 0) is 22.6 Å². The molecule has 0 saturated carbocycles. The fraction of sp³-hybridized carbons (Fsp3) is 0.377. The van der Waals surface area contributed by atoms with Gasteiger partial charge in [0.15, 0.2) is 0 Å². The number of aliphatic imine (C=N–C) groups is 2. The summed E-state index contributed by atoms with van der Waals surface area (Å²) < 4.78 is 33.3. The van der Waals surface area contributed by atoms with Gasteiger partial charge in [0.25, 0.3) is 0 Å². The van der Waals surface area contributed by atoms with Gasteiger partial charge in [-0.05, 0) is 139 Å². The Hall–Kier alpha value is -7.14. The molecular formula is C61H70N4O7. The van der Waals surface area contributed by atoms with Crippen molar-refractivity contribution in [3.8, 4) is 11.5 Å². The molecule has 2 aliphatic heterocycles. The van der Waals surface area contributed by atoms with Crippen LogP contribution in [0.5, 0.6) is 11.5 Å². The lowest BCUT2D eigenvalue weighted by Gasteiger charge is -2.48. The quantitative estimate of drug-likeness (QED) is 0.0575. The number of allylic oxidation sites excluding steroid dienone is 1. The van der Waals surface area contributed by atoms with E-state index in [1.54, 1.807) is 38.4 Å². The largest absolute Gasteiger partial charge is 0.488 e. The van der Waals surface area contributed by atoms with Crippen LogP contribution < -0.4 is 25.6 Å². The Labute approximate surface area is 423 Å². The highest BCUT2D eigenvalue weighted by molar-refractivity contribution is 6.38. The second kappa shape index (κ2) is 18.8. The van der Waals surface area contributed by atoms with E-state index in [1.807, 2.05) is 85.8 Å². The third-order valence-electron chi connectivity index (χ3n) is 13.9. The van der Waals surface area contributed by atoms with Crippen molar-refractivity contribution >= 4 is 72.9 Å². The maximum absolute atomic E-state index is 13.9. The second-order valence-corrected chi connectivity index (χ2v) is 22.3. The van der Waals surface area contributed by atoms with Crippen LogP contribution in [0.2, 0.25) is 0 Å². The highest BCUT2D eigenvalue weighted by Crippen LogP contribution is 2.52. The first-order valence-electron chi connectivity index (χ1n) is 24.8. The number of benzene rings is 4. The van der Waals surface area contributed by atoms with Crippen LogP contribution in [0.3, 0.4) is 0 Å². The van der Waals surface area contributed by atoms with Gasteiger partial charge < -0.3 is 32.5 Å². The summed E-state index contributed by atoms with van der Waals surface area (Å²) in [4.78, 5) is 39.6. The van der Waals surface area contributed by atoms with E-state index in [-0.39, 0.29) is 22.0 Å². The molecule has 11 heteroatoms. The van der Waals surface area contributed by atoms with Crippen LogP contribution >= 0.6 is 0 Å². The van der Waals surface area contributed by atoms with Crippen molar-refractivity contribution in [3.63, 3.8) is 0 Å². The van der Waals surface area contributed by atoms with Gasteiger partial charge in [-0.3, -0.25) is 9.98 Å². The lowest BCUT2D eigenvalue weighted by atomic mass is 9.69. The summed E-state index contributed by atoms with van der Waals surface area (Å²) in [7, 11) is 3.79. The van der Waals surface area contributed by atoms with Crippen LogP contribution in [0.1, 0.15) is 135 Å². The van der Waals surface area contributed by atoms with Gasteiger partial charge in [0, 0.05) is 95.1 Å². The highest BCUT2D eigenvalue weighted by atomic mass is 16.5. The Balaban J connectivity index is 0.00000342. The van der Waals surface area contributed by atoms with Gasteiger partial charge in [-0.1, -0.05) is 40.3 Å². The minimum absolute atomic E-state index is 0.00108. The van der Waals surface area contributed by atoms with Gasteiger partial charge in [-0.15, -0.1) is 13.2 Å². The van der Waals surface area contributed by atoms with Crippen molar-refractivity contribution in [2.75, 3.05) is 25.0 Å². The second-order valence-electron chi connectivity index (χ2n) is 22.3.